The Hall–Kier alpha value is -3.02. The highest BCUT2D eigenvalue weighted by Gasteiger charge is 2.16. The summed E-state index contributed by atoms with van der Waals surface area (Å²) in [7, 11) is 0. The van der Waals surface area contributed by atoms with E-state index in [1.165, 1.54) is 0 Å². The molecule has 2 heterocycles. The van der Waals surface area contributed by atoms with Crippen molar-refractivity contribution in [2.45, 2.75) is 12.8 Å². The molecule has 0 aliphatic rings. The Balaban J connectivity index is 1.62. The second-order valence-electron chi connectivity index (χ2n) is 5.18. The van der Waals surface area contributed by atoms with Gasteiger partial charge in [0.1, 0.15) is 0 Å². The number of rotatable bonds is 5. The van der Waals surface area contributed by atoms with Crippen LogP contribution in [0.25, 0.3) is 11.5 Å². The summed E-state index contributed by atoms with van der Waals surface area (Å²) in [6.45, 7) is 2.54. The van der Waals surface area contributed by atoms with Gasteiger partial charge >= 0.3 is 11.8 Å². The van der Waals surface area contributed by atoms with E-state index in [1.807, 2.05) is 37.3 Å². The van der Waals surface area contributed by atoms with Gasteiger partial charge in [0, 0.05) is 18.9 Å². The van der Waals surface area contributed by atoms with Gasteiger partial charge in [0.05, 0.1) is 5.56 Å². The first kappa shape index (κ1) is 14.9. The molecule has 116 valence electrons. The maximum atomic E-state index is 12.1. The number of carbonyl (C=O) groups excluding carboxylic acids is 1. The largest absolute Gasteiger partial charge is 0.412 e. The zero-order valence-electron chi connectivity index (χ0n) is 12.6. The third-order valence-electron chi connectivity index (χ3n) is 3.47. The fourth-order valence-electron chi connectivity index (χ4n) is 2.14. The van der Waals surface area contributed by atoms with Gasteiger partial charge in [0.2, 0.25) is 5.89 Å². The molecule has 3 rings (SSSR count). The molecule has 0 spiro atoms. The van der Waals surface area contributed by atoms with Crippen LogP contribution >= 0.6 is 0 Å². The number of hydrogen-bond donors (Lipinski definition) is 1. The molecule has 0 unspecified atom stereocenters. The van der Waals surface area contributed by atoms with Gasteiger partial charge < -0.3 is 9.73 Å². The standard InChI is InChI=1S/C17H16N4O2/c1-12(13-6-3-2-4-7-13)10-19-15(22)17-21-20-16(23-17)14-8-5-9-18-11-14/h2-9,11-12H,10H2,1H3,(H,19,22)/t12-/m0/s1. The number of hydrogen-bond acceptors (Lipinski definition) is 5. The van der Waals surface area contributed by atoms with Gasteiger partial charge in [-0.05, 0) is 23.6 Å². The zero-order chi connectivity index (χ0) is 16.1. The van der Waals surface area contributed by atoms with Crippen LogP contribution in [-0.2, 0) is 0 Å². The van der Waals surface area contributed by atoms with Crippen molar-refractivity contribution in [3.63, 3.8) is 0 Å². The number of nitrogens with one attached hydrogen (secondary N) is 1. The summed E-state index contributed by atoms with van der Waals surface area (Å²) in [5.74, 6) is 0.0414. The predicted molar refractivity (Wildman–Crippen MR) is 84.7 cm³/mol. The number of benzene rings is 1. The Kier molecular flexibility index (Phi) is 4.42. The average Bonchev–Trinajstić information content (AvgIpc) is 3.11. The Labute approximate surface area is 133 Å². The fraction of sp³-hybridized carbons (Fsp3) is 0.176. The van der Waals surface area contributed by atoms with E-state index >= 15 is 0 Å². The van der Waals surface area contributed by atoms with Crippen molar-refractivity contribution in [3.05, 3.63) is 66.3 Å². The molecular weight excluding hydrogens is 292 g/mol. The lowest BCUT2D eigenvalue weighted by Gasteiger charge is -2.11. The molecule has 1 amide bonds. The first-order valence-electron chi connectivity index (χ1n) is 7.31. The first-order valence-corrected chi connectivity index (χ1v) is 7.31. The minimum absolute atomic E-state index is 0.0517. The van der Waals surface area contributed by atoms with Crippen LogP contribution in [0, 0.1) is 0 Å². The number of pyridine rings is 1. The van der Waals surface area contributed by atoms with Gasteiger partial charge in [-0.15, -0.1) is 10.2 Å². The van der Waals surface area contributed by atoms with Crippen molar-refractivity contribution < 1.29 is 9.21 Å². The van der Waals surface area contributed by atoms with Crippen LogP contribution in [0.15, 0.2) is 59.3 Å². The molecule has 1 aromatic carbocycles. The zero-order valence-corrected chi connectivity index (χ0v) is 12.6. The van der Waals surface area contributed by atoms with E-state index in [4.69, 9.17) is 4.42 Å². The van der Waals surface area contributed by atoms with Crippen molar-refractivity contribution in [3.8, 4) is 11.5 Å². The van der Waals surface area contributed by atoms with Crippen molar-refractivity contribution in [2.24, 2.45) is 0 Å². The van der Waals surface area contributed by atoms with Crippen molar-refractivity contribution >= 4 is 5.91 Å². The van der Waals surface area contributed by atoms with E-state index in [2.05, 4.69) is 20.5 Å². The van der Waals surface area contributed by atoms with Gasteiger partial charge in [-0.1, -0.05) is 37.3 Å². The fourth-order valence-corrected chi connectivity index (χ4v) is 2.14. The van der Waals surface area contributed by atoms with Crippen LogP contribution < -0.4 is 5.32 Å². The van der Waals surface area contributed by atoms with Crippen LogP contribution in [0.4, 0.5) is 0 Å². The van der Waals surface area contributed by atoms with Crippen molar-refractivity contribution in [2.75, 3.05) is 6.54 Å². The third kappa shape index (κ3) is 3.60. The van der Waals surface area contributed by atoms with Gasteiger partial charge in [-0.25, -0.2) is 0 Å². The molecule has 6 heteroatoms. The third-order valence-corrected chi connectivity index (χ3v) is 3.47. The molecule has 3 aromatic rings. The average molecular weight is 308 g/mol. The Morgan fingerprint density at radius 3 is 2.74 bits per heavy atom. The van der Waals surface area contributed by atoms with E-state index in [9.17, 15) is 4.79 Å². The normalized spacial score (nSPS) is 11.9. The quantitative estimate of drug-likeness (QED) is 0.783. The molecule has 0 radical (unpaired) electrons. The van der Waals surface area contributed by atoms with Gasteiger partial charge in [0.25, 0.3) is 0 Å². The highest BCUT2D eigenvalue weighted by Crippen LogP contribution is 2.16. The molecule has 0 bridgehead atoms. The van der Waals surface area contributed by atoms with E-state index in [-0.39, 0.29) is 23.6 Å². The van der Waals surface area contributed by atoms with Crippen LogP contribution in [0.2, 0.25) is 0 Å². The van der Waals surface area contributed by atoms with E-state index in [0.717, 1.165) is 5.56 Å². The van der Waals surface area contributed by atoms with E-state index in [0.29, 0.717) is 12.1 Å². The SMILES string of the molecule is C[C@@H](CNC(=O)c1nnc(-c2cccnc2)o1)c1ccccc1. The molecular formula is C17H16N4O2. The first-order chi connectivity index (χ1) is 11.2. The monoisotopic (exact) mass is 308 g/mol. The minimum Gasteiger partial charge on any atom is -0.412 e. The van der Waals surface area contributed by atoms with E-state index in [1.54, 1.807) is 24.5 Å². The molecule has 0 aliphatic carbocycles. The Bertz CT molecular complexity index is 772. The van der Waals surface area contributed by atoms with Gasteiger partial charge in [0.15, 0.2) is 0 Å². The highest BCUT2D eigenvalue weighted by atomic mass is 16.4. The summed E-state index contributed by atoms with van der Waals surface area (Å²) >= 11 is 0. The lowest BCUT2D eigenvalue weighted by molar-refractivity contribution is 0.0917. The lowest BCUT2D eigenvalue weighted by atomic mass is 10.0. The Morgan fingerprint density at radius 2 is 2.00 bits per heavy atom. The molecule has 2 aromatic heterocycles. The predicted octanol–water partition coefficient (Wildman–Crippen LogP) is 2.67. The van der Waals surface area contributed by atoms with Gasteiger partial charge in [-0.2, -0.15) is 0 Å². The summed E-state index contributed by atoms with van der Waals surface area (Å²) < 4.78 is 5.40. The maximum absolute atomic E-state index is 12.1. The van der Waals surface area contributed by atoms with Crippen LogP contribution in [0.1, 0.15) is 29.1 Å². The molecule has 0 saturated heterocycles. The molecule has 0 saturated carbocycles. The second-order valence-corrected chi connectivity index (χ2v) is 5.18. The lowest BCUT2D eigenvalue weighted by Crippen LogP contribution is -2.27. The molecule has 0 fully saturated rings. The molecule has 1 atom stereocenters. The summed E-state index contributed by atoms with van der Waals surface area (Å²) in [4.78, 5) is 16.1. The number of amides is 1. The molecule has 6 nitrogen and oxygen atoms in total. The highest BCUT2D eigenvalue weighted by molar-refractivity contribution is 5.89. The Morgan fingerprint density at radius 1 is 1.17 bits per heavy atom. The van der Waals surface area contributed by atoms with Crippen LogP contribution in [0.5, 0.6) is 0 Å². The van der Waals surface area contributed by atoms with Crippen molar-refractivity contribution in [1.82, 2.24) is 20.5 Å². The van der Waals surface area contributed by atoms with Crippen LogP contribution in [-0.4, -0.2) is 27.6 Å². The number of carbonyl (C=O) groups is 1. The molecule has 1 N–H and O–H groups in total. The summed E-state index contributed by atoms with van der Waals surface area (Å²) in [5.41, 5.74) is 1.84. The summed E-state index contributed by atoms with van der Waals surface area (Å²) in [5, 5.41) is 10.5. The summed E-state index contributed by atoms with van der Waals surface area (Å²) in [6.07, 6.45) is 3.26. The maximum Gasteiger partial charge on any atom is 0.308 e. The number of nitrogens with zero attached hydrogens (tertiary/aromatic N) is 3. The minimum atomic E-state index is -0.379. The number of aromatic nitrogens is 3. The van der Waals surface area contributed by atoms with Gasteiger partial charge in [-0.3, -0.25) is 9.78 Å². The summed E-state index contributed by atoms with van der Waals surface area (Å²) in [6, 6.07) is 13.5. The topological polar surface area (TPSA) is 80.9 Å². The van der Waals surface area contributed by atoms with Crippen LogP contribution in [0.3, 0.4) is 0 Å². The molecule has 23 heavy (non-hydrogen) atoms. The second kappa shape index (κ2) is 6.83. The smallest absolute Gasteiger partial charge is 0.308 e. The van der Waals surface area contributed by atoms with Crippen molar-refractivity contribution in [1.29, 1.82) is 0 Å². The van der Waals surface area contributed by atoms with E-state index < -0.39 is 0 Å². The molecule has 0 aliphatic heterocycles.